The maximum atomic E-state index is 5.36. The third-order valence-electron chi connectivity index (χ3n) is 2.68. The molecule has 0 radical (unpaired) electrons. The molecule has 0 unspecified atom stereocenters. The molecule has 1 aromatic rings. The van der Waals surface area contributed by atoms with E-state index in [1.807, 2.05) is 0 Å². The molecule has 0 aliphatic carbocycles. The second kappa shape index (κ2) is 6.64. The van der Waals surface area contributed by atoms with Crippen molar-refractivity contribution in [1.82, 2.24) is 10.2 Å². The largest absolute Gasteiger partial charge is 0.469 e. The van der Waals surface area contributed by atoms with Gasteiger partial charge in [0.05, 0.1) is 6.26 Å². The van der Waals surface area contributed by atoms with Gasteiger partial charge in [-0.15, -0.1) is 0 Å². The summed E-state index contributed by atoms with van der Waals surface area (Å²) in [7, 11) is 2.14. The quantitative estimate of drug-likeness (QED) is 0.697. The Kier molecular flexibility index (Phi) is 5.43. The van der Waals surface area contributed by atoms with Crippen LogP contribution in [0.1, 0.15) is 25.2 Å². The molecule has 0 atom stereocenters. The number of hydrogen-bond acceptors (Lipinski definition) is 3. The van der Waals surface area contributed by atoms with Crippen LogP contribution in [0.3, 0.4) is 0 Å². The first-order valence-corrected chi connectivity index (χ1v) is 5.72. The number of nitrogens with one attached hydrogen (secondary N) is 1. The highest BCUT2D eigenvalue weighted by molar-refractivity contribution is 5.16. The van der Waals surface area contributed by atoms with Gasteiger partial charge < -0.3 is 14.6 Å². The normalized spacial score (nSPS) is 11.2. The Bertz CT molecular complexity index is 270. The summed E-state index contributed by atoms with van der Waals surface area (Å²) in [5.74, 6) is 1.10. The maximum absolute atomic E-state index is 5.36. The van der Waals surface area contributed by atoms with E-state index in [-0.39, 0.29) is 0 Å². The van der Waals surface area contributed by atoms with Crippen molar-refractivity contribution in [3.05, 3.63) is 23.7 Å². The molecule has 86 valence electrons. The minimum Gasteiger partial charge on any atom is -0.469 e. The lowest BCUT2D eigenvalue weighted by atomic mass is 10.2. The van der Waals surface area contributed by atoms with E-state index in [1.54, 1.807) is 6.26 Å². The van der Waals surface area contributed by atoms with Crippen molar-refractivity contribution in [2.45, 2.75) is 26.8 Å². The van der Waals surface area contributed by atoms with Gasteiger partial charge in [-0.2, -0.15) is 0 Å². The molecule has 1 N–H and O–H groups in total. The van der Waals surface area contributed by atoms with E-state index in [9.17, 15) is 0 Å². The molecule has 0 fully saturated rings. The minimum absolute atomic E-state index is 0.914. The van der Waals surface area contributed by atoms with E-state index >= 15 is 0 Å². The van der Waals surface area contributed by atoms with Crippen molar-refractivity contribution in [2.24, 2.45) is 0 Å². The first kappa shape index (κ1) is 12.3. The fourth-order valence-electron chi connectivity index (χ4n) is 1.49. The van der Waals surface area contributed by atoms with Crippen LogP contribution in [0.25, 0.3) is 0 Å². The molecule has 0 aliphatic rings. The standard InChI is InChI=1S/C12H22N2O/c1-4-12-11(6-9-15-12)10-13-7-8-14(3)5-2/h6,9,13H,4-5,7-8,10H2,1-3H3. The smallest absolute Gasteiger partial charge is 0.107 e. The predicted octanol–water partition coefficient (Wildman–Crippen LogP) is 1.88. The Morgan fingerprint density at radius 1 is 1.40 bits per heavy atom. The van der Waals surface area contributed by atoms with Gasteiger partial charge in [0.25, 0.3) is 0 Å². The van der Waals surface area contributed by atoms with Gasteiger partial charge in [-0.1, -0.05) is 13.8 Å². The predicted molar refractivity (Wildman–Crippen MR) is 63.0 cm³/mol. The summed E-state index contributed by atoms with van der Waals surface area (Å²) in [6, 6.07) is 2.05. The third kappa shape index (κ3) is 4.06. The van der Waals surface area contributed by atoms with E-state index in [0.717, 1.165) is 38.4 Å². The van der Waals surface area contributed by atoms with Gasteiger partial charge in [0.2, 0.25) is 0 Å². The zero-order chi connectivity index (χ0) is 11.1. The number of aryl methyl sites for hydroxylation is 1. The van der Waals surface area contributed by atoms with Crippen molar-refractivity contribution in [1.29, 1.82) is 0 Å². The van der Waals surface area contributed by atoms with Crippen LogP contribution in [0.15, 0.2) is 16.7 Å². The molecule has 1 heterocycles. The number of nitrogens with zero attached hydrogens (tertiary/aromatic N) is 1. The van der Waals surface area contributed by atoms with Crippen molar-refractivity contribution in [3.63, 3.8) is 0 Å². The van der Waals surface area contributed by atoms with Crippen LogP contribution in [0.2, 0.25) is 0 Å². The van der Waals surface area contributed by atoms with Gasteiger partial charge in [0, 0.05) is 31.6 Å². The fraction of sp³-hybridized carbons (Fsp3) is 0.667. The number of likely N-dealkylation sites (N-methyl/N-ethyl adjacent to an activating group) is 1. The van der Waals surface area contributed by atoms with Crippen LogP contribution in [-0.2, 0) is 13.0 Å². The average Bonchev–Trinajstić information content (AvgIpc) is 2.71. The topological polar surface area (TPSA) is 28.4 Å². The van der Waals surface area contributed by atoms with Gasteiger partial charge in [0.1, 0.15) is 5.76 Å². The summed E-state index contributed by atoms with van der Waals surface area (Å²) < 4.78 is 5.36. The molecule has 0 aromatic carbocycles. The SMILES string of the molecule is CCc1occc1CNCCN(C)CC. The van der Waals surface area contributed by atoms with Crippen LogP contribution in [0, 0.1) is 0 Å². The lowest BCUT2D eigenvalue weighted by Crippen LogP contribution is -2.28. The molecule has 0 aliphatic heterocycles. The summed E-state index contributed by atoms with van der Waals surface area (Å²) in [5, 5.41) is 3.43. The molecule has 0 bridgehead atoms. The second-order valence-electron chi connectivity index (χ2n) is 3.80. The Balaban J connectivity index is 2.20. The molecule has 0 amide bonds. The highest BCUT2D eigenvalue weighted by Crippen LogP contribution is 2.10. The van der Waals surface area contributed by atoms with Gasteiger partial charge >= 0.3 is 0 Å². The fourth-order valence-corrected chi connectivity index (χ4v) is 1.49. The Hall–Kier alpha value is -0.800. The van der Waals surface area contributed by atoms with Crippen molar-refractivity contribution in [2.75, 3.05) is 26.7 Å². The molecular formula is C12H22N2O. The second-order valence-corrected chi connectivity index (χ2v) is 3.80. The number of furan rings is 1. The van der Waals surface area contributed by atoms with E-state index in [2.05, 4.69) is 37.2 Å². The Morgan fingerprint density at radius 3 is 2.87 bits per heavy atom. The Labute approximate surface area is 92.5 Å². The van der Waals surface area contributed by atoms with Crippen molar-refractivity contribution >= 4 is 0 Å². The van der Waals surface area contributed by atoms with E-state index in [1.165, 1.54) is 5.56 Å². The number of hydrogen-bond donors (Lipinski definition) is 1. The zero-order valence-corrected chi connectivity index (χ0v) is 10.0. The first-order valence-electron chi connectivity index (χ1n) is 5.72. The monoisotopic (exact) mass is 210 g/mol. The maximum Gasteiger partial charge on any atom is 0.107 e. The Morgan fingerprint density at radius 2 is 2.20 bits per heavy atom. The van der Waals surface area contributed by atoms with Crippen LogP contribution in [-0.4, -0.2) is 31.6 Å². The third-order valence-corrected chi connectivity index (χ3v) is 2.68. The van der Waals surface area contributed by atoms with Gasteiger partial charge in [0.15, 0.2) is 0 Å². The summed E-state index contributed by atoms with van der Waals surface area (Å²) in [5.41, 5.74) is 1.29. The zero-order valence-electron chi connectivity index (χ0n) is 10.0. The lowest BCUT2D eigenvalue weighted by Gasteiger charge is -2.13. The van der Waals surface area contributed by atoms with Crippen LogP contribution < -0.4 is 5.32 Å². The van der Waals surface area contributed by atoms with Gasteiger partial charge in [-0.05, 0) is 19.7 Å². The van der Waals surface area contributed by atoms with Gasteiger partial charge in [-0.3, -0.25) is 0 Å². The van der Waals surface area contributed by atoms with Crippen molar-refractivity contribution < 1.29 is 4.42 Å². The number of rotatable bonds is 7. The molecule has 1 aromatic heterocycles. The highest BCUT2D eigenvalue weighted by atomic mass is 16.3. The first-order chi connectivity index (χ1) is 7.27. The molecule has 3 heteroatoms. The summed E-state index contributed by atoms with van der Waals surface area (Å²) in [6.07, 6.45) is 2.74. The highest BCUT2D eigenvalue weighted by Gasteiger charge is 2.03. The summed E-state index contributed by atoms with van der Waals surface area (Å²) in [4.78, 5) is 2.29. The van der Waals surface area contributed by atoms with E-state index in [0.29, 0.717) is 0 Å². The van der Waals surface area contributed by atoms with Crippen LogP contribution in [0.5, 0.6) is 0 Å². The molecule has 0 spiro atoms. The minimum atomic E-state index is 0.914. The lowest BCUT2D eigenvalue weighted by molar-refractivity contribution is 0.348. The molecular weight excluding hydrogens is 188 g/mol. The molecule has 15 heavy (non-hydrogen) atoms. The molecule has 0 saturated heterocycles. The van der Waals surface area contributed by atoms with Crippen LogP contribution in [0.4, 0.5) is 0 Å². The average molecular weight is 210 g/mol. The summed E-state index contributed by atoms with van der Waals surface area (Å²) >= 11 is 0. The molecule has 1 rings (SSSR count). The van der Waals surface area contributed by atoms with Crippen molar-refractivity contribution in [3.8, 4) is 0 Å². The summed E-state index contributed by atoms with van der Waals surface area (Å²) in [6.45, 7) is 8.43. The van der Waals surface area contributed by atoms with E-state index < -0.39 is 0 Å². The van der Waals surface area contributed by atoms with E-state index in [4.69, 9.17) is 4.42 Å². The molecule has 3 nitrogen and oxygen atoms in total. The van der Waals surface area contributed by atoms with Gasteiger partial charge in [-0.25, -0.2) is 0 Å². The van der Waals surface area contributed by atoms with Crippen LogP contribution >= 0.6 is 0 Å². The molecule has 0 saturated carbocycles.